The molecule has 2 aliphatic rings. The largest absolute Gasteiger partial charge is 0.364 e. The molecular weight excluding hydrogens is 446 g/mol. The van der Waals surface area contributed by atoms with E-state index in [0.29, 0.717) is 24.1 Å². The SMILES string of the molecule is Cn1cc(S(=O)(=O)N2CCC(C(=O)Nc3ccc(C(=O)NC4CC4)cc3)CC2)cc1C(N)=O. The Hall–Kier alpha value is -3.18. The van der Waals surface area contributed by atoms with Gasteiger partial charge in [-0.15, -0.1) is 0 Å². The lowest BCUT2D eigenvalue weighted by atomic mass is 9.97. The second-order valence-electron chi connectivity index (χ2n) is 8.53. The first-order chi connectivity index (χ1) is 15.6. The van der Waals surface area contributed by atoms with Crippen LogP contribution in [0.4, 0.5) is 5.69 Å². The van der Waals surface area contributed by atoms with Gasteiger partial charge in [0.2, 0.25) is 15.9 Å². The van der Waals surface area contributed by atoms with Gasteiger partial charge < -0.3 is 20.9 Å². The predicted molar refractivity (Wildman–Crippen MR) is 121 cm³/mol. The average Bonchev–Trinajstić information content (AvgIpc) is 3.51. The average molecular weight is 474 g/mol. The Morgan fingerprint density at radius 1 is 1.03 bits per heavy atom. The highest BCUT2D eigenvalue weighted by atomic mass is 32.2. The Morgan fingerprint density at radius 3 is 2.21 bits per heavy atom. The topological polar surface area (TPSA) is 144 Å². The minimum absolute atomic E-state index is 0.00696. The van der Waals surface area contributed by atoms with Gasteiger partial charge in [0.15, 0.2) is 0 Å². The zero-order valence-corrected chi connectivity index (χ0v) is 19.1. The fourth-order valence-corrected chi connectivity index (χ4v) is 5.41. The van der Waals surface area contributed by atoms with Crippen molar-refractivity contribution >= 4 is 33.4 Å². The van der Waals surface area contributed by atoms with Crippen LogP contribution in [0, 0.1) is 5.92 Å². The number of amides is 3. The second-order valence-corrected chi connectivity index (χ2v) is 10.5. The monoisotopic (exact) mass is 473 g/mol. The van der Waals surface area contributed by atoms with Gasteiger partial charge in [0.05, 0.1) is 0 Å². The maximum Gasteiger partial charge on any atom is 0.265 e. The van der Waals surface area contributed by atoms with Gasteiger partial charge in [-0.05, 0) is 56.0 Å². The van der Waals surface area contributed by atoms with Gasteiger partial charge in [0.25, 0.3) is 11.8 Å². The maximum atomic E-state index is 12.9. The lowest BCUT2D eigenvalue weighted by Crippen LogP contribution is -2.41. The number of piperidine rings is 1. The number of anilines is 1. The van der Waals surface area contributed by atoms with Crippen LogP contribution in [-0.2, 0) is 21.9 Å². The number of nitrogens with two attached hydrogens (primary N) is 1. The molecule has 1 aliphatic carbocycles. The third-order valence-corrected chi connectivity index (χ3v) is 7.89. The predicted octanol–water partition coefficient (Wildman–Crippen LogP) is 1.06. The summed E-state index contributed by atoms with van der Waals surface area (Å²) in [6.07, 6.45) is 4.15. The van der Waals surface area contributed by atoms with Crippen molar-refractivity contribution < 1.29 is 22.8 Å². The molecule has 1 aliphatic heterocycles. The van der Waals surface area contributed by atoms with Crippen molar-refractivity contribution in [1.29, 1.82) is 0 Å². The Bertz CT molecular complexity index is 1180. The van der Waals surface area contributed by atoms with Crippen molar-refractivity contribution in [2.45, 2.75) is 36.6 Å². The summed E-state index contributed by atoms with van der Waals surface area (Å²) < 4.78 is 28.6. The first-order valence-electron chi connectivity index (χ1n) is 10.8. The van der Waals surface area contributed by atoms with Gasteiger partial charge in [-0.25, -0.2) is 8.42 Å². The van der Waals surface area contributed by atoms with Crippen molar-refractivity contribution in [3.8, 4) is 0 Å². The number of primary amides is 1. The minimum atomic E-state index is -3.79. The van der Waals surface area contributed by atoms with Crippen LogP contribution in [0.25, 0.3) is 0 Å². The summed E-state index contributed by atoms with van der Waals surface area (Å²) in [4.78, 5) is 36.2. The molecule has 4 rings (SSSR count). The Kier molecular flexibility index (Phi) is 6.26. The number of nitrogens with zero attached hydrogens (tertiary/aromatic N) is 2. The molecule has 2 fully saturated rings. The lowest BCUT2D eigenvalue weighted by Gasteiger charge is -2.30. The summed E-state index contributed by atoms with van der Waals surface area (Å²) >= 11 is 0. The van der Waals surface area contributed by atoms with Crippen LogP contribution in [0.1, 0.15) is 46.5 Å². The van der Waals surface area contributed by atoms with Crippen LogP contribution in [-0.4, -0.2) is 54.1 Å². The summed E-state index contributed by atoms with van der Waals surface area (Å²) in [6.45, 7) is 0.392. The van der Waals surface area contributed by atoms with Gasteiger partial charge in [-0.3, -0.25) is 14.4 Å². The van der Waals surface area contributed by atoms with E-state index in [1.807, 2.05) is 0 Å². The molecule has 0 unspecified atom stereocenters. The molecular formula is C22H27N5O5S. The van der Waals surface area contributed by atoms with E-state index in [2.05, 4.69) is 10.6 Å². The third kappa shape index (κ3) is 5.09. The molecule has 2 aromatic rings. The number of nitrogens with one attached hydrogen (secondary N) is 2. The van der Waals surface area contributed by atoms with Crippen molar-refractivity contribution in [2.75, 3.05) is 18.4 Å². The maximum absolute atomic E-state index is 12.9. The van der Waals surface area contributed by atoms with E-state index in [9.17, 15) is 22.8 Å². The van der Waals surface area contributed by atoms with Crippen molar-refractivity contribution in [2.24, 2.45) is 18.7 Å². The van der Waals surface area contributed by atoms with Crippen molar-refractivity contribution in [3.05, 3.63) is 47.8 Å². The normalized spacial score (nSPS) is 17.5. The molecule has 1 saturated heterocycles. The molecule has 33 heavy (non-hydrogen) atoms. The molecule has 3 amide bonds. The van der Waals surface area contributed by atoms with Crippen molar-refractivity contribution in [3.63, 3.8) is 0 Å². The lowest BCUT2D eigenvalue weighted by molar-refractivity contribution is -0.120. The van der Waals surface area contributed by atoms with Crippen LogP contribution in [0.5, 0.6) is 0 Å². The minimum Gasteiger partial charge on any atom is -0.364 e. The third-order valence-electron chi connectivity index (χ3n) is 6.02. The van der Waals surface area contributed by atoms with E-state index in [1.165, 1.54) is 21.1 Å². The van der Waals surface area contributed by atoms with Crippen molar-refractivity contribution in [1.82, 2.24) is 14.2 Å². The summed E-state index contributed by atoms with van der Waals surface area (Å²) in [5, 5.41) is 5.76. The van der Waals surface area contributed by atoms with E-state index in [1.54, 1.807) is 31.3 Å². The van der Waals surface area contributed by atoms with Crippen LogP contribution in [0.3, 0.4) is 0 Å². The highest BCUT2D eigenvalue weighted by molar-refractivity contribution is 7.89. The van der Waals surface area contributed by atoms with Crippen LogP contribution >= 0.6 is 0 Å². The van der Waals surface area contributed by atoms with Crippen LogP contribution < -0.4 is 16.4 Å². The Morgan fingerprint density at radius 2 is 1.67 bits per heavy atom. The zero-order valence-electron chi connectivity index (χ0n) is 18.3. The van der Waals surface area contributed by atoms with Crippen LogP contribution in [0.15, 0.2) is 41.4 Å². The highest BCUT2D eigenvalue weighted by Gasteiger charge is 2.33. The fraction of sp³-hybridized carbons (Fsp3) is 0.409. The van der Waals surface area contributed by atoms with Gasteiger partial charge in [0.1, 0.15) is 10.6 Å². The zero-order chi connectivity index (χ0) is 23.8. The molecule has 2 heterocycles. The van der Waals surface area contributed by atoms with Gasteiger partial charge in [-0.2, -0.15) is 4.31 Å². The van der Waals surface area contributed by atoms with Gasteiger partial charge in [0, 0.05) is 49.5 Å². The Balaban J connectivity index is 1.32. The molecule has 176 valence electrons. The second kappa shape index (κ2) is 8.99. The van der Waals surface area contributed by atoms with Crippen LogP contribution in [0.2, 0.25) is 0 Å². The number of carbonyl (C=O) groups excluding carboxylic acids is 3. The van der Waals surface area contributed by atoms with E-state index >= 15 is 0 Å². The number of aryl methyl sites for hydroxylation is 1. The molecule has 0 bridgehead atoms. The molecule has 0 spiro atoms. The molecule has 0 atom stereocenters. The standard InChI is InChI=1S/C22H27N5O5S/c1-26-13-18(12-19(26)20(23)28)33(31,32)27-10-8-15(9-11-27)22(30)24-16-4-2-14(3-5-16)21(29)25-17-6-7-17/h2-5,12-13,15,17H,6-11H2,1H3,(H2,23,28)(H,24,30)(H,25,29). The van der Waals surface area contributed by atoms with Gasteiger partial charge in [-0.1, -0.05) is 0 Å². The number of carbonyl (C=O) groups is 3. The van der Waals surface area contributed by atoms with E-state index in [-0.39, 0.29) is 47.5 Å². The molecule has 10 nitrogen and oxygen atoms in total. The fourth-order valence-electron chi connectivity index (χ4n) is 3.87. The number of hydrogen-bond acceptors (Lipinski definition) is 5. The summed E-state index contributed by atoms with van der Waals surface area (Å²) in [7, 11) is -2.23. The first-order valence-corrected chi connectivity index (χ1v) is 12.3. The number of aromatic nitrogens is 1. The summed E-state index contributed by atoms with van der Waals surface area (Å²) in [5.74, 6) is -1.33. The highest BCUT2D eigenvalue weighted by Crippen LogP contribution is 2.26. The number of rotatable bonds is 7. The smallest absolute Gasteiger partial charge is 0.265 e. The summed E-state index contributed by atoms with van der Waals surface area (Å²) in [5.41, 5.74) is 6.51. The molecule has 1 aromatic heterocycles. The van der Waals surface area contributed by atoms with E-state index in [4.69, 9.17) is 5.73 Å². The van der Waals surface area contributed by atoms with E-state index < -0.39 is 15.9 Å². The molecule has 1 aromatic carbocycles. The quantitative estimate of drug-likeness (QED) is 0.551. The summed E-state index contributed by atoms with van der Waals surface area (Å²) in [6, 6.07) is 8.26. The molecule has 11 heteroatoms. The Labute approximate surface area is 192 Å². The molecule has 1 saturated carbocycles. The van der Waals surface area contributed by atoms with Gasteiger partial charge >= 0.3 is 0 Å². The number of benzene rings is 1. The first kappa shape index (κ1) is 23.0. The molecule has 0 radical (unpaired) electrons. The molecule has 4 N–H and O–H groups in total. The van der Waals surface area contributed by atoms with E-state index in [0.717, 1.165) is 12.8 Å². The number of hydrogen-bond donors (Lipinski definition) is 3. The number of sulfonamides is 1.